The molecule has 0 radical (unpaired) electrons. The Morgan fingerprint density at radius 2 is 0.536 bits per heavy atom. The van der Waals surface area contributed by atoms with Gasteiger partial charge in [-0.15, -0.1) is 0 Å². The Labute approximate surface area is 397 Å². The van der Waals surface area contributed by atoms with Crippen LogP contribution >= 0.6 is 0 Å². The maximum Gasteiger partial charge on any atom is 0.343 e. The van der Waals surface area contributed by atoms with E-state index in [2.05, 4.69) is 0 Å². The Balaban J connectivity index is 1.62. The molecule has 69 heavy (non-hydrogen) atoms. The number of esters is 4. The lowest BCUT2D eigenvalue weighted by molar-refractivity contribution is -0.143. The number of hydrogen-bond acceptors (Lipinski definition) is 18. The van der Waals surface area contributed by atoms with Crippen LogP contribution in [0, 0.1) is 0 Å². The van der Waals surface area contributed by atoms with Crippen molar-refractivity contribution in [3.8, 4) is 46.0 Å². The van der Waals surface area contributed by atoms with Crippen LogP contribution in [0.1, 0.15) is 44.5 Å². The minimum absolute atomic E-state index is 0.0117. The van der Waals surface area contributed by atoms with Crippen molar-refractivity contribution in [1.29, 1.82) is 0 Å². The molecule has 0 amide bonds. The Morgan fingerprint density at radius 1 is 0.333 bits per heavy atom. The number of methoxy groups -OCH3 is 8. The number of rotatable bonds is 16. The molecular formula is C51H52O18. The molecule has 364 valence electrons. The van der Waals surface area contributed by atoms with Gasteiger partial charge in [-0.2, -0.15) is 0 Å². The fourth-order valence-corrected chi connectivity index (χ4v) is 7.71. The summed E-state index contributed by atoms with van der Waals surface area (Å²) >= 11 is 0. The van der Waals surface area contributed by atoms with Crippen LogP contribution in [-0.2, 0) is 79.8 Å². The number of carbonyl (C=O) groups excluding carboxylic acids is 6. The predicted octanol–water partition coefficient (Wildman–Crippen LogP) is 4.80. The lowest BCUT2D eigenvalue weighted by Crippen LogP contribution is -2.18. The van der Waals surface area contributed by atoms with E-state index in [9.17, 15) is 28.8 Å². The molecule has 0 atom stereocenters. The van der Waals surface area contributed by atoms with Crippen molar-refractivity contribution in [2.75, 3.05) is 83.3 Å². The Bertz CT molecular complexity index is 2710. The van der Waals surface area contributed by atoms with Crippen LogP contribution in [0.2, 0.25) is 0 Å². The number of benzene rings is 4. The average molecular weight is 953 g/mol. The second-order valence-electron chi connectivity index (χ2n) is 15.5. The zero-order chi connectivity index (χ0) is 49.8. The number of allylic oxidation sites excluding steroid dienone is 4. The Morgan fingerprint density at radius 3 is 0.768 bits per heavy atom. The molecule has 10 bridgehead atoms. The van der Waals surface area contributed by atoms with Crippen molar-refractivity contribution >= 4 is 35.4 Å². The van der Waals surface area contributed by atoms with E-state index in [1.807, 2.05) is 0 Å². The van der Waals surface area contributed by atoms with Gasteiger partial charge >= 0.3 is 23.9 Å². The van der Waals surface area contributed by atoms with Crippen molar-refractivity contribution in [2.45, 2.75) is 32.1 Å². The SMILES string of the molecule is COC(=O)COc1cc2c(OCC(=O)OC)cc1CC1=CC(=O)C(=CC1=O)Cc1cc(OC)c(cc1OC)Cc1cc(OCC(=O)OC)c(cc1OCC(=O)OC)Cc1cc(OC)c(cc1OC)C2. The van der Waals surface area contributed by atoms with E-state index in [4.69, 9.17) is 56.8 Å². The predicted molar refractivity (Wildman–Crippen MR) is 244 cm³/mol. The number of ether oxygens (including phenoxy) is 12. The molecule has 18 nitrogen and oxygen atoms in total. The van der Waals surface area contributed by atoms with Gasteiger partial charge in [-0.05, 0) is 60.7 Å². The third-order valence-corrected chi connectivity index (χ3v) is 11.3. The summed E-state index contributed by atoms with van der Waals surface area (Å²) in [5, 5.41) is 0. The van der Waals surface area contributed by atoms with E-state index in [1.165, 1.54) is 69.0 Å². The first-order chi connectivity index (χ1) is 33.2. The number of hydrogen-bond donors (Lipinski definition) is 0. The summed E-state index contributed by atoms with van der Waals surface area (Å²) in [5.41, 5.74) is 4.47. The van der Waals surface area contributed by atoms with Gasteiger partial charge in [-0.25, -0.2) is 19.2 Å². The summed E-state index contributed by atoms with van der Waals surface area (Å²) in [6.07, 6.45) is 2.70. The first kappa shape index (κ1) is 50.4. The molecular weight excluding hydrogens is 901 g/mol. The van der Waals surface area contributed by atoms with Crippen molar-refractivity contribution < 1.29 is 85.6 Å². The quantitative estimate of drug-likeness (QED) is 0.0838. The van der Waals surface area contributed by atoms with E-state index in [-0.39, 0.29) is 66.2 Å². The Hall–Kier alpha value is -8.02. The molecule has 0 saturated carbocycles. The number of carbonyl (C=O) groups is 6. The van der Waals surface area contributed by atoms with Gasteiger partial charge in [-0.3, -0.25) is 9.59 Å². The van der Waals surface area contributed by atoms with Crippen LogP contribution in [0.5, 0.6) is 46.0 Å². The van der Waals surface area contributed by atoms with Gasteiger partial charge in [0.15, 0.2) is 38.0 Å². The van der Waals surface area contributed by atoms with Crippen LogP contribution in [0.3, 0.4) is 0 Å². The van der Waals surface area contributed by atoms with Gasteiger partial charge in [0.1, 0.15) is 46.0 Å². The highest BCUT2D eigenvalue weighted by Gasteiger charge is 2.27. The largest absolute Gasteiger partial charge is 0.496 e. The Kier molecular flexibility index (Phi) is 16.9. The fourth-order valence-electron chi connectivity index (χ4n) is 7.71. The topological polar surface area (TPSA) is 213 Å². The molecule has 15 rings (SSSR count). The maximum atomic E-state index is 13.9. The van der Waals surface area contributed by atoms with Gasteiger partial charge in [0.25, 0.3) is 0 Å². The molecule has 4 aromatic rings. The normalized spacial score (nSPS) is 13.0. The van der Waals surface area contributed by atoms with Crippen molar-refractivity contribution in [2.24, 2.45) is 0 Å². The molecule has 0 spiro atoms. The molecule has 0 aromatic heterocycles. The summed E-state index contributed by atoms with van der Waals surface area (Å²) in [6.45, 7) is -1.89. The van der Waals surface area contributed by atoms with Crippen molar-refractivity contribution in [1.82, 2.24) is 0 Å². The standard InChI is InChI=1S/C51H52O18/c1-58-40-17-31-11-36-22-47(69-27-51(57)65-8)37(23-46(36)68-26-50(56)64-7)13-33-19-42(60-3)32(18-43(33)61-4)12-35-21-44(66-24-48(54)62-5)34(20-45(35)67-25-49(55)63-6)10-29-15-38(52)28(14-39(29)53)9-30(40)16-41(31)59-2/h14-23H,9-13,24-27H2,1-8H3. The summed E-state index contributed by atoms with van der Waals surface area (Å²) in [7, 11) is 10.8. The lowest BCUT2D eigenvalue weighted by atomic mass is 9.88. The van der Waals surface area contributed by atoms with E-state index in [0.29, 0.717) is 67.5 Å². The maximum absolute atomic E-state index is 13.9. The molecule has 0 unspecified atom stereocenters. The highest BCUT2D eigenvalue weighted by molar-refractivity contribution is 6.20. The summed E-state index contributed by atoms with van der Waals surface area (Å²) in [4.78, 5) is 77.6. The zero-order valence-electron chi connectivity index (χ0n) is 39.5. The van der Waals surface area contributed by atoms with Crippen LogP contribution in [0.25, 0.3) is 0 Å². The highest BCUT2D eigenvalue weighted by Crippen LogP contribution is 2.41. The number of ketones is 2. The minimum Gasteiger partial charge on any atom is -0.496 e. The molecule has 0 fully saturated rings. The second-order valence-corrected chi connectivity index (χ2v) is 15.5. The first-order valence-corrected chi connectivity index (χ1v) is 21.3. The summed E-state index contributed by atoms with van der Waals surface area (Å²) < 4.78 is 67.4. The highest BCUT2D eigenvalue weighted by atomic mass is 16.6. The van der Waals surface area contributed by atoms with Gasteiger partial charge in [0.05, 0.1) is 56.9 Å². The molecule has 0 aliphatic heterocycles. The molecule has 4 aromatic carbocycles. The second kappa shape index (κ2) is 23.1. The van der Waals surface area contributed by atoms with E-state index in [1.54, 1.807) is 48.5 Å². The first-order valence-electron chi connectivity index (χ1n) is 21.3. The van der Waals surface area contributed by atoms with Gasteiger partial charge in [0, 0.05) is 87.8 Å². The van der Waals surface area contributed by atoms with Gasteiger partial charge in [-0.1, -0.05) is 0 Å². The van der Waals surface area contributed by atoms with Crippen LogP contribution in [-0.4, -0.2) is 119 Å². The fraction of sp³-hybridized carbons (Fsp3) is 0.333. The van der Waals surface area contributed by atoms with E-state index >= 15 is 0 Å². The van der Waals surface area contributed by atoms with E-state index < -0.39 is 61.9 Å². The third-order valence-electron chi connectivity index (χ3n) is 11.3. The van der Waals surface area contributed by atoms with Crippen molar-refractivity contribution in [3.63, 3.8) is 0 Å². The average Bonchev–Trinajstić information content (AvgIpc) is 3.35. The molecule has 11 aliphatic carbocycles. The smallest absolute Gasteiger partial charge is 0.343 e. The van der Waals surface area contributed by atoms with Crippen molar-refractivity contribution in [3.05, 3.63) is 116 Å². The van der Waals surface area contributed by atoms with Crippen LogP contribution < -0.4 is 37.9 Å². The molecule has 11 aliphatic rings. The summed E-state index contributed by atoms with van der Waals surface area (Å²) in [5.74, 6) is -1.06. The molecule has 0 saturated heterocycles. The van der Waals surface area contributed by atoms with E-state index in [0.717, 1.165) is 0 Å². The zero-order valence-corrected chi connectivity index (χ0v) is 39.5. The molecule has 0 N–H and O–H groups in total. The van der Waals surface area contributed by atoms with Crippen LogP contribution in [0.4, 0.5) is 0 Å². The third kappa shape index (κ3) is 12.3. The monoisotopic (exact) mass is 952 g/mol. The minimum atomic E-state index is -0.683. The summed E-state index contributed by atoms with van der Waals surface area (Å²) in [6, 6.07) is 13.5. The van der Waals surface area contributed by atoms with Gasteiger partial charge < -0.3 is 56.8 Å². The molecule has 0 heterocycles. The van der Waals surface area contributed by atoms with Gasteiger partial charge in [0.2, 0.25) is 0 Å². The lowest BCUT2D eigenvalue weighted by Gasteiger charge is -2.21. The molecule has 18 heteroatoms. The van der Waals surface area contributed by atoms with Crippen LogP contribution in [0.15, 0.2) is 71.8 Å².